The molecule has 3 saturated heterocycles. The van der Waals surface area contributed by atoms with E-state index in [1.807, 2.05) is 6.07 Å². The molecule has 3 heterocycles. The zero-order valence-corrected chi connectivity index (χ0v) is 23.9. The van der Waals surface area contributed by atoms with Gasteiger partial charge in [-0.1, -0.05) is 6.58 Å². The SMILES string of the molecule is C=CC(=O)Nc1cc(NC(=N)/C=C(\NN)N2OCC[C@@H]2c2cc(F)cc(F)c2)c(OC)cc1N1CCN(C2COC2)CC1. The molecule has 0 unspecified atom stereocenters. The fourth-order valence-corrected chi connectivity index (χ4v) is 5.41. The third-order valence-corrected chi connectivity index (χ3v) is 7.66. The molecule has 0 radical (unpaired) electrons. The number of benzene rings is 2. The molecule has 3 fully saturated rings. The summed E-state index contributed by atoms with van der Waals surface area (Å²) in [6.45, 7) is 8.57. The molecule has 0 aromatic heterocycles. The van der Waals surface area contributed by atoms with E-state index in [4.69, 9.17) is 25.6 Å². The van der Waals surface area contributed by atoms with Gasteiger partial charge in [-0.05, 0) is 29.8 Å². The van der Waals surface area contributed by atoms with Gasteiger partial charge in [-0.25, -0.2) is 19.7 Å². The Morgan fingerprint density at radius 3 is 2.42 bits per heavy atom. The number of anilines is 3. The van der Waals surface area contributed by atoms with Crippen LogP contribution < -0.4 is 31.5 Å². The number of rotatable bonds is 10. The first-order valence-electron chi connectivity index (χ1n) is 13.9. The van der Waals surface area contributed by atoms with Gasteiger partial charge in [-0.3, -0.25) is 19.9 Å². The summed E-state index contributed by atoms with van der Waals surface area (Å²) in [7, 11) is 1.52. The van der Waals surface area contributed by atoms with Crippen molar-refractivity contribution in [1.82, 2.24) is 15.4 Å². The van der Waals surface area contributed by atoms with Crippen LogP contribution in [0.3, 0.4) is 0 Å². The van der Waals surface area contributed by atoms with Crippen molar-refractivity contribution in [2.45, 2.75) is 18.5 Å². The molecule has 3 aliphatic rings. The second-order valence-corrected chi connectivity index (χ2v) is 10.4. The van der Waals surface area contributed by atoms with Gasteiger partial charge < -0.3 is 30.4 Å². The summed E-state index contributed by atoms with van der Waals surface area (Å²) in [6, 6.07) is 6.71. The van der Waals surface area contributed by atoms with Crippen LogP contribution in [-0.2, 0) is 14.4 Å². The molecule has 5 rings (SSSR count). The lowest BCUT2D eigenvalue weighted by Gasteiger charge is -2.43. The lowest BCUT2D eigenvalue weighted by molar-refractivity contribution is -0.111. The highest BCUT2D eigenvalue weighted by molar-refractivity contribution is 6.05. The zero-order valence-electron chi connectivity index (χ0n) is 23.9. The van der Waals surface area contributed by atoms with Crippen LogP contribution in [0.5, 0.6) is 5.75 Å². The van der Waals surface area contributed by atoms with Crippen LogP contribution in [0.15, 0.2) is 54.9 Å². The minimum atomic E-state index is -0.702. The minimum Gasteiger partial charge on any atom is -0.494 e. The number of methoxy groups -OCH3 is 1. The average molecular weight is 599 g/mol. The summed E-state index contributed by atoms with van der Waals surface area (Å²) in [6.07, 6.45) is 3.02. The number of carbonyl (C=O) groups is 1. The molecular formula is C29H36F2N8O4. The molecule has 0 spiro atoms. The summed E-state index contributed by atoms with van der Waals surface area (Å²) in [5, 5.41) is 15.9. The Kier molecular flexibility index (Phi) is 9.40. The number of ether oxygens (including phenoxy) is 2. The Morgan fingerprint density at radius 2 is 1.81 bits per heavy atom. The quantitative estimate of drug-likeness (QED) is 0.0912. The maximum atomic E-state index is 13.9. The summed E-state index contributed by atoms with van der Waals surface area (Å²) in [5.41, 5.74) is 4.61. The largest absolute Gasteiger partial charge is 0.494 e. The van der Waals surface area contributed by atoms with Crippen LogP contribution in [0.2, 0.25) is 0 Å². The van der Waals surface area contributed by atoms with Gasteiger partial charge in [-0.2, -0.15) is 0 Å². The Bertz CT molecular complexity index is 1370. The topological polar surface area (TPSA) is 140 Å². The predicted octanol–water partition coefficient (Wildman–Crippen LogP) is 2.69. The normalized spacial score (nSPS) is 19.5. The Hall–Kier alpha value is -4.24. The fourth-order valence-electron chi connectivity index (χ4n) is 5.41. The second kappa shape index (κ2) is 13.4. The van der Waals surface area contributed by atoms with Gasteiger partial charge >= 0.3 is 0 Å². The van der Waals surface area contributed by atoms with Gasteiger partial charge in [0.1, 0.15) is 29.0 Å². The molecule has 1 atom stereocenters. The Balaban J connectivity index is 1.37. The van der Waals surface area contributed by atoms with E-state index in [-0.39, 0.29) is 24.2 Å². The number of hydrazine groups is 1. The third kappa shape index (κ3) is 6.88. The number of nitrogens with zero attached hydrogens (tertiary/aromatic N) is 3. The van der Waals surface area contributed by atoms with Crippen molar-refractivity contribution in [3.05, 3.63) is 72.1 Å². The summed E-state index contributed by atoms with van der Waals surface area (Å²) < 4.78 is 38.8. The van der Waals surface area contributed by atoms with Crippen molar-refractivity contribution in [3.8, 4) is 5.75 Å². The molecule has 2 aromatic carbocycles. The molecule has 230 valence electrons. The number of piperazine rings is 1. The molecule has 1 amide bonds. The summed E-state index contributed by atoms with van der Waals surface area (Å²) in [4.78, 5) is 22.6. The van der Waals surface area contributed by atoms with Crippen LogP contribution in [0.4, 0.5) is 25.8 Å². The van der Waals surface area contributed by atoms with E-state index in [1.54, 1.807) is 6.07 Å². The van der Waals surface area contributed by atoms with E-state index < -0.39 is 17.7 Å². The van der Waals surface area contributed by atoms with E-state index in [2.05, 4.69) is 32.4 Å². The molecule has 2 aromatic rings. The number of hydroxylamine groups is 2. The Morgan fingerprint density at radius 1 is 1.09 bits per heavy atom. The van der Waals surface area contributed by atoms with Gasteiger partial charge in [0, 0.05) is 50.8 Å². The number of amides is 1. The highest BCUT2D eigenvalue weighted by Gasteiger charge is 2.31. The van der Waals surface area contributed by atoms with Crippen LogP contribution >= 0.6 is 0 Å². The van der Waals surface area contributed by atoms with Crippen LogP contribution in [-0.4, -0.2) is 80.9 Å². The van der Waals surface area contributed by atoms with E-state index >= 15 is 0 Å². The molecule has 0 bridgehead atoms. The standard InChI is InChI=1S/C29H36F2N8O4/c1-3-29(40)35-22-13-23(26(41-2)14-25(22)38-7-5-37(6-8-38)21-16-42-17-21)34-27(32)15-28(36-33)39-24(4-9-43-39)18-10-19(30)12-20(31)11-18/h3,10-15,21,24,36H,1,4-9,16-17,33H2,2H3,(H2,32,34)(H,35,40)/b28-15+/t24-/m1/s1. The van der Waals surface area contributed by atoms with Gasteiger partial charge in [0.05, 0.1) is 56.1 Å². The number of nitrogens with one attached hydrogen (secondary N) is 4. The second-order valence-electron chi connectivity index (χ2n) is 10.4. The maximum absolute atomic E-state index is 13.9. The first kappa shape index (κ1) is 30.2. The van der Waals surface area contributed by atoms with Crippen LogP contribution in [0.25, 0.3) is 0 Å². The predicted molar refractivity (Wildman–Crippen MR) is 158 cm³/mol. The Labute approximate surface area is 248 Å². The van der Waals surface area contributed by atoms with Gasteiger partial charge in [0.25, 0.3) is 0 Å². The van der Waals surface area contributed by atoms with Crippen molar-refractivity contribution >= 4 is 28.8 Å². The van der Waals surface area contributed by atoms with Gasteiger partial charge in [0.15, 0.2) is 0 Å². The highest BCUT2D eigenvalue weighted by Crippen LogP contribution is 2.38. The monoisotopic (exact) mass is 598 g/mol. The first-order chi connectivity index (χ1) is 20.8. The van der Waals surface area contributed by atoms with Gasteiger partial charge in [-0.15, -0.1) is 0 Å². The van der Waals surface area contributed by atoms with Gasteiger partial charge in [0.2, 0.25) is 5.91 Å². The van der Waals surface area contributed by atoms with Crippen LogP contribution in [0, 0.1) is 17.0 Å². The molecular weight excluding hydrogens is 562 g/mol. The number of carbonyl (C=O) groups excluding carboxylic acids is 1. The molecule has 6 N–H and O–H groups in total. The van der Waals surface area contributed by atoms with Crippen molar-refractivity contribution in [1.29, 1.82) is 5.41 Å². The summed E-state index contributed by atoms with van der Waals surface area (Å²) >= 11 is 0. The molecule has 3 aliphatic heterocycles. The molecule has 14 heteroatoms. The van der Waals surface area contributed by atoms with E-state index in [0.717, 1.165) is 51.1 Å². The van der Waals surface area contributed by atoms with Crippen molar-refractivity contribution < 1.29 is 27.9 Å². The highest BCUT2D eigenvalue weighted by atomic mass is 19.1. The van der Waals surface area contributed by atoms with E-state index in [9.17, 15) is 13.6 Å². The fraction of sp³-hybridized carbons (Fsp3) is 0.379. The molecule has 12 nitrogen and oxygen atoms in total. The van der Waals surface area contributed by atoms with Crippen LogP contribution in [0.1, 0.15) is 18.0 Å². The van der Waals surface area contributed by atoms with E-state index in [1.165, 1.54) is 36.5 Å². The first-order valence-corrected chi connectivity index (χ1v) is 13.9. The number of nitrogens with two attached hydrogens (primary N) is 1. The smallest absolute Gasteiger partial charge is 0.247 e. The summed E-state index contributed by atoms with van der Waals surface area (Å²) in [5.74, 6) is 4.54. The number of halogens is 2. The average Bonchev–Trinajstić information content (AvgIpc) is 3.45. The maximum Gasteiger partial charge on any atom is 0.247 e. The molecule has 43 heavy (non-hydrogen) atoms. The number of hydrogen-bond acceptors (Lipinski definition) is 10. The van der Waals surface area contributed by atoms with Crippen molar-refractivity contribution in [2.24, 2.45) is 5.84 Å². The lowest BCUT2D eigenvalue weighted by Crippen LogP contribution is -2.56. The minimum absolute atomic E-state index is 0.101. The van der Waals surface area contributed by atoms with E-state index in [0.29, 0.717) is 35.2 Å². The number of hydrogen-bond donors (Lipinski definition) is 5. The third-order valence-electron chi connectivity index (χ3n) is 7.66. The van der Waals surface area contributed by atoms with Crippen molar-refractivity contribution in [3.63, 3.8) is 0 Å². The molecule has 0 aliphatic carbocycles. The zero-order chi connectivity index (χ0) is 30.5. The lowest BCUT2D eigenvalue weighted by atomic mass is 10.0. The molecule has 0 saturated carbocycles. The number of amidine groups is 1. The van der Waals surface area contributed by atoms with Crippen molar-refractivity contribution in [2.75, 3.05) is 68.6 Å².